The number of halogens is 2. The van der Waals surface area contributed by atoms with Crippen molar-refractivity contribution in [3.8, 4) is 0 Å². The Morgan fingerprint density at radius 2 is 1.61 bits per heavy atom. The summed E-state index contributed by atoms with van der Waals surface area (Å²) in [6.45, 7) is -0.449. The van der Waals surface area contributed by atoms with Gasteiger partial charge in [0, 0.05) is 23.5 Å². The van der Waals surface area contributed by atoms with Gasteiger partial charge in [0.2, 0.25) is 21.8 Å². The first-order valence-electron chi connectivity index (χ1n) is 13.7. The van der Waals surface area contributed by atoms with Crippen LogP contribution in [0.2, 0.25) is 0 Å². The predicted octanol–water partition coefficient (Wildman–Crippen LogP) is 5.44. The van der Waals surface area contributed by atoms with Crippen molar-refractivity contribution >= 4 is 43.5 Å². The molecule has 0 aliphatic heterocycles. The summed E-state index contributed by atoms with van der Waals surface area (Å²) in [5, 5.41) is 3.18. The van der Waals surface area contributed by atoms with Gasteiger partial charge in [0.25, 0.3) is 0 Å². The number of nitrogens with zero attached hydrogens (tertiary/aromatic N) is 2. The van der Waals surface area contributed by atoms with Gasteiger partial charge >= 0.3 is 0 Å². The Bertz CT molecular complexity index is 1430. The van der Waals surface area contributed by atoms with Crippen LogP contribution in [-0.2, 0) is 32.6 Å². The van der Waals surface area contributed by atoms with Gasteiger partial charge in [-0.25, -0.2) is 12.8 Å². The molecule has 7 nitrogen and oxygen atoms in total. The quantitative estimate of drug-likeness (QED) is 0.301. The van der Waals surface area contributed by atoms with Crippen molar-refractivity contribution in [1.29, 1.82) is 0 Å². The lowest BCUT2D eigenvalue weighted by molar-refractivity contribution is -0.140. The Kier molecular flexibility index (Phi) is 10.6. The Balaban J connectivity index is 1.71. The van der Waals surface area contributed by atoms with Crippen molar-refractivity contribution in [3.05, 3.63) is 100 Å². The van der Waals surface area contributed by atoms with E-state index in [0.29, 0.717) is 0 Å². The molecule has 10 heteroatoms. The Morgan fingerprint density at radius 1 is 0.951 bits per heavy atom. The maximum Gasteiger partial charge on any atom is 0.244 e. The van der Waals surface area contributed by atoms with Crippen molar-refractivity contribution in [1.82, 2.24) is 10.2 Å². The molecule has 0 heterocycles. The summed E-state index contributed by atoms with van der Waals surface area (Å²) in [7, 11) is -3.91. The van der Waals surface area contributed by atoms with Gasteiger partial charge < -0.3 is 10.2 Å². The second kappa shape index (κ2) is 14.1. The third-order valence-corrected chi connectivity index (χ3v) is 8.89. The SMILES string of the molecule is CS(=O)(=O)N(CC(=O)N(Cc1cccc(Br)c1)C(Cc1ccccc1)C(=O)NC1CCCCC1)c1ccc(F)cc1. The summed E-state index contributed by atoms with van der Waals surface area (Å²) >= 11 is 3.48. The van der Waals surface area contributed by atoms with E-state index < -0.39 is 34.3 Å². The van der Waals surface area contributed by atoms with E-state index in [-0.39, 0.29) is 30.6 Å². The normalized spacial score (nSPS) is 14.7. The first-order chi connectivity index (χ1) is 19.6. The Morgan fingerprint density at radius 3 is 2.24 bits per heavy atom. The molecule has 4 rings (SSSR count). The fourth-order valence-corrected chi connectivity index (χ4v) is 6.45. The van der Waals surface area contributed by atoms with Crippen LogP contribution in [0, 0.1) is 5.82 Å². The van der Waals surface area contributed by atoms with Gasteiger partial charge in [0.15, 0.2) is 0 Å². The fraction of sp³-hybridized carbons (Fsp3) is 0.355. The number of amides is 2. The minimum absolute atomic E-state index is 0.0316. The zero-order valence-electron chi connectivity index (χ0n) is 23.0. The molecule has 3 aromatic rings. The predicted molar refractivity (Wildman–Crippen MR) is 162 cm³/mol. The largest absolute Gasteiger partial charge is 0.352 e. The molecule has 1 aliphatic rings. The minimum Gasteiger partial charge on any atom is -0.352 e. The zero-order chi connectivity index (χ0) is 29.4. The molecule has 0 spiro atoms. The van der Waals surface area contributed by atoms with E-state index in [1.54, 1.807) is 0 Å². The number of carbonyl (C=O) groups excluding carboxylic acids is 2. The van der Waals surface area contributed by atoms with Gasteiger partial charge in [-0.15, -0.1) is 0 Å². The Hall–Kier alpha value is -3.24. The number of benzene rings is 3. The topological polar surface area (TPSA) is 86.8 Å². The number of rotatable bonds is 11. The highest BCUT2D eigenvalue weighted by molar-refractivity contribution is 9.10. The standard InChI is InChI=1S/C31H35BrFN3O4S/c1-41(39,40)36(28-17-15-26(33)16-18-28)22-30(37)35(21-24-11-8-12-25(32)19-24)29(20-23-9-4-2-5-10-23)31(38)34-27-13-6-3-7-14-27/h2,4-5,8-12,15-19,27,29H,3,6-7,13-14,20-22H2,1H3,(H,34,38). The van der Waals surface area contributed by atoms with Gasteiger partial charge in [0.1, 0.15) is 18.4 Å². The van der Waals surface area contributed by atoms with Crippen LogP contribution in [0.25, 0.3) is 0 Å². The van der Waals surface area contributed by atoms with Crippen molar-refractivity contribution in [2.24, 2.45) is 0 Å². The maximum absolute atomic E-state index is 14.1. The minimum atomic E-state index is -3.91. The van der Waals surface area contributed by atoms with E-state index in [1.165, 1.54) is 17.0 Å². The molecule has 1 fully saturated rings. The molecule has 41 heavy (non-hydrogen) atoms. The number of hydrogen-bond acceptors (Lipinski definition) is 4. The van der Waals surface area contributed by atoms with E-state index in [4.69, 9.17) is 0 Å². The number of hydrogen-bond donors (Lipinski definition) is 1. The smallest absolute Gasteiger partial charge is 0.244 e. The highest BCUT2D eigenvalue weighted by Crippen LogP contribution is 2.23. The molecule has 0 saturated heterocycles. The highest BCUT2D eigenvalue weighted by Gasteiger charge is 2.34. The van der Waals surface area contributed by atoms with Gasteiger partial charge in [-0.2, -0.15) is 0 Å². The molecule has 2 amide bonds. The maximum atomic E-state index is 14.1. The van der Waals surface area contributed by atoms with Gasteiger partial charge in [0.05, 0.1) is 11.9 Å². The molecule has 1 saturated carbocycles. The number of sulfonamides is 1. The van der Waals surface area contributed by atoms with E-state index in [2.05, 4.69) is 21.2 Å². The van der Waals surface area contributed by atoms with Gasteiger partial charge in [-0.1, -0.05) is 77.7 Å². The fourth-order valence-electron chi connectivity index (χ4n) is 5.15. The lowest BCUT2D eigenvalue weighted by Gasteiger charge is -2.35. The molecule has 1 N–H and O–H groups in total. The molecular formula is C31H35BrFN3O4S. The van der Waals surface area contributed by atoms with Crippen molar-refractivity contribution < 1.29 is 22.4 Å². The van der Waals surface area contributed by atoms with Crippen molar-refractivity contribution in [2.45, 2.75) is 57.2 Å². The monoisotopic (exact) mass is 643 g/mol. The average Bonchev–Trinajstić information content (AvgIpc) is 2.94. The molecule has 218 valence electrons. The summed E-state index contributed by atoms with van der Waals surface area (Å²) < 4.78 is 41.0. The average molecular weight is 645 g/mol. The first kappa shape index (κ1) is 30.7. The summed E-state index contributed by atoms with van der Waals surface area (Å²) in [5.41, 5.74) is 1.82. The molecule has 3 aromatic carbocycles. The lowest BCUT2D eigenvalue weighted by Crippen LogP contribution is -2.55. The molecular weight excluding hydrogens is 609 g/mol. The van der Waals surface area contributed by atoms with Gasteiger partial charge in [-0.05, 0) is 60.4 Å². The summed E-state index contributed by atoms with van der Waals surface area (Å²) in [6, 6.07) is 21.0. The third-order valence-electron chi connectivity index (χ3n) is 7.26. The van der Waals surface area contributed by atoms with Crippen molar-refractivity contribution in [3.63, 3.8) is 0 Å². The highest BCUT2D eigenvalue weighted by atomic mass is 79.9. The van der Waals surface area contributed by atoms with Crippen LogP contribution in [0.5, 0.6) is 0 Å². The van der Waals surface area contributed by atoms with E-state index in [1.807, 2.05) is 54.6 Å². The molecule has 1 unspecified atom stereocenters. The lowest BCUT2D eigenvalue weighted by atomic mass is 9.94. The number of carbonyl (C=O) groups is 2. The van der Waals surface area contributed by atoms with Crippen LogP contribution in [0.4, 0.5) is 10.1 Å². The van der Waals surface area contributed by atoms with Crippen LogP contribution >= 0.6 is 15.9 Å². The summed E-state index contributed by atoms with van der Waals surface area (Å²) in [6.07, 6.45) is 6.24. The van der Waals surface area contributed by atoms with Gasteiger partial charge in [-0.3, -0.25) is 13.9 Å². The second-order valence-electron chi connectivity index (χ2n) is 10.4. The van der Waals surface area contributed by atoms with Crippen LogP contribution < -0.4 is 9.62 Å². The van der Waals surface area contributed by atoms with Crippen LogP contribution in [0.1, 0.15) is 43.2 Å². The first-order valence-corrected chi connectivity index (χ1v) is 16.4. The number of anilines is 1. The van der Waals surface area contributed by atoms with E-state index in [0.717, 1.165) is 70.4 Å². The second-order valence-corrected chi connectivity index (χ2v) is 13.3. The molecule has 0 bridgehead atoms. The molecule has 1 aliphatic carbocycles. The van der Waals surface area contributed by atoms with E-state index in [9.17, 15) is 22.4 Å². The number of nitrogens with one attached hydrogen (secondary N) is 1. The van der Waals surface area contributed by atoms with E-state index >= 15 is 0 Å². The summed E-state index contributed by atoms with van der Waals surface area (Å²) in [4.78, 5) is 29.5. The molecule has 1 atom stereocenters. The summed E-state index contributed by atoms with van der Waals surface area (Å²) in [5.74, 6) is -1.33. The van der Waals surface area contributed by atoms with Crippen LogP contribution in [0.15, 0.2) is 83.3 Å². The molecule has 0 radical (unpaired) electrons. The van der Waals surface area contributed by atoms with Crippen molar-refractivity contribution in [2.75, 3.05) is 17.1 Å². The Labute approximate surface area is 249 Å². The zero-order valence-corrected chi connectivity index (χ0v) is 25.4. The molecule has 0 aromatic heterocycles. The third kappa shape index (κ3) is 8.87. The van der Waals surface area contributed by atoms with Crippen LogP contribution in [-0.4, -0.2) is 50.0 Å². The van der Waals surface area contributed by atoms with Crippen LogP contribution in [0.3, 0.4) is 0 Å².